The van der Waals surface area contributed by atoms with Crippen LogP contribution in [0.1, 0.15) is 45.4 Å². The van der Waals surface area contributed by atoms with Gasteiger partial charge in [0.25, 0.3) is 0 Å². The molecule has 1 heterocycles. The van der Waals surface area contributed by atoms with Crippen molar-refractivity contribution in [1.29, 1.82) is 0 Å². The third-order valence-corrected chi connectivity index (χ3v) is 4.60. The Morgan fingerprint density at radius 3 is 2.39 bits per heavy atom. The smallest absolute Gasteiger partial charge is 0.308 e. The summed E-state index contributed by atoms with van der Waals surface area (Å²) >= 11 is 0. The molecule has 1 saturated heterocycles. The molecule has 0 bridgehead atoms. The van der Waals surface area contributed by atoms with Crippen LogP contribution < -0.4 is 5.90 Å². The van der Waals surface area contributed by atoms with Crippen molar-refractivity contribution in [2.75, 3.05) is 19.7 Å². The van der Waals surface area contributed by atoms with Crippen LogP contribution in [0.3, 0.4) is 0 Å². The molecule has 1 spiro atoms. The van der Waals surface area contributed by atoms with Gasteiger partial charge in [0.1, 0.15) is 0 Å². The van der Waals surface area contributed by atoms with Crippen LogP contribution in [0.25, 0.3) is 0 Å². The summed E-state index contributed by atoms with van der Waals surface area (Å²) in [7, 11) is 0. The van der Waals surface area contributed by atoms with Crippen LogP contribution in [0.2, 0.25) is 0 Å². The van der Waals surface area contributed by atoms with Crippen LogP contribution in [0.4, 0.5) is 0 Å². The van der Waals surface area contributed by atoms with Crippen molar-refractivity contribution in [2.45, 2.75) is 45.4 Å². The third-order valence-electron chi connectivity index (χ3n) is 4.60. The molecule has 0 aromatic rings. The Morgan fingerprint density at radius 1 is 1.28 bits per heavy atom. The van der Waals surface area contributed by atoms with Crippen molar-refractivity contribution >= 4 is 5.97 Å². The molecular weight excluding hydrogens is 232 g/mol. The second kappa shape index (κ2) is 5.99. The summed E-state index contributed by atoms with van der Waals surface area (Å²) in [5, 5.41) is 1.82. The van der Waals surface area contributed by atoms with Crippen LogP contribution in [-0.4, -0.2) is 30.7 Å². The molecule has 2 aliphatic rings. The average molecular weight is 256 g/mol. The highest BCUT2D eigenvalue weighted by atomic mass is 16.8. The fraction of sp³-hybridized carbons (Fsp3) is 0.923. The van der Waals surface area contributed by atoms with Crippen LogP contribution in [-0.2, 0) is 14.5 Å². The lowest BCUT2D eigenvalue weighted by Gasteiger charge is -2.44. The Hall–Kier alpha value is -0.650. The number of carbonyl (C=O) groups excluding carboxylic acids is 1. The first-order chi connectivity index (χ1) is 8.69. The second-order valence-corrected chi connectivity index (χ2v) is 5.56. The van der Waals surface area contributed by atoms with Crippen molar-refractivity contribution < 1.29 is 14.5 Å². The van der Waals surface area contributed by atoms with E-state index in [-0.39, 0.29) is 11.9 Å². The number of nitrogens with zero attached hydrogens (tertiary/aromatic N) is 1. The minimum atomic E-state index is -0.00456. The molecule has 1 saturated carbocycles. The van der Waals surface area contributed by atoms with Gasteiger partial charge in [-0.1, -0.05) is 0 Å². The van der Waals surface area contributed by atoms with E-state index in [0.717, 1.165) is 51.6 Å². The van der Waals surface area contributed by atoms with E-state index in [4.69, 9.17) is 15.6 Å². The first-order valence-electron chi connectivity index (χ1n) is 6.97. The van der Waals surface area contributed by atoms with Crippen molar-refractivity contribution in [1.82, 2.24) is 5.06 Å². The van der Waals surface area contributed by atoms with Crippen molar-refractivity contribution in [2.24, 2.45) is 17.2 Å². The molecule has 0 aromatic heterocycles. The van der Waals surface area contributed by atoms with Gasteiger partial charge in [-0.2, -0.15) is 11.0 Å². The molecule has 18 heavy (non-hydrogen) atoms. The molecule has 0 atom stereocenters. The Kier molecular flexibility index (Phi) is 4.59. The molecule has 5 nitrogen and oxygen atoms in total. The lowest BCUT2D eigenvalue weighted by molar-refractivity contribution is -0.190. The topological polar surface area (TPSA) is 64.8 Å². The summed E-state index contributed by atoms with van der Waals surface area (Å²) in [4.78, 5) is 16.5. The molecular formula is C13H24N2O3. The van der Waals surface area contributed by atoms with Gasteiger partial charge in [-0.25, -0.2) is 4.94 Å². The van der Waals surface area contributed by atoms with Crippen molar-refractivity contribution in [3.8, 4) is 0 Å². The fourth-order valence-corrected chi connectivity index (χ4v) is 3.29. The number of hydrogen-bond acceptors (Lipinski definition) is 5. The van der Waals surface area contributed by atoms with E-state index in [0.29, 0.717) is 12.0 Å². The van der Waals surface area contributed by atoms with Crippen molar-refractivity contribution in [3.63, 3.8) is 0 Å². The summed E-state index contributed by atoms with van der Waals surface area (Å²) in [6.45, 7) is 4.16. The highest BCUT2D eigenvalue weighted by molar-refractivity contribution is 5.72. The summed E-state index contributed by atoms with van der Waals surface area (Å²) in [5.41, 5.74) is 0.415. The highest BCUT2D eigenvalue weighted by Gasteiger charge is 2.40. The molecule has 2 fully saturated rings. The molecule has 0 radical (unpaired) electrons. The maximum absolute atomic E-state index is 11.7. The van der Waals surface area contributed by atoms with Gasteiger partial charge in [0.15, 0.2) is 0 Å². The zero-order valence-electron chi connectivity index (χ0n) is 11.2. The molecule has 0 unspecified atom stereocenters. The van der Waals surface area contributed by atoms with Gasteiger partial charge in [0.05, 0.1) is 12.5 Å². The monoisotopic (exact) mass is 256 g/mol. The van der Waals surface area contributed by atoms with Gasteiger partial charge in [-0.15, -0.1) is 0 Å². The molecule has 1 aliphatic carbocycles. The van der Waals surface area contributed by atoms with Crippen LogP contribution >= 0.6 is 0 Å². The number of hydroxylamine groups is 2. The first-order valence-corrected chi connectivity index (χ1v) is 6.97. The SMILES string of the molecule is CCOC(=O)C1CCC2(CC1)CCN(ON)CC2. The molecule has 0 aromatic carbocycles. The van der Waals surface area contributed by atoms with E-state index in [1.165, 1.54) is 0 Å². The van der Waals surface area contributed by atoms with Gasteiger partial charge in [-0.05, 0) is 50.9 Å². The summed E-state index contributed by atoms with van der Waals surface area (Å²) in [6.07, 6.45) is 6.47. The largest absolute Gasteiger partial charge is 0.466 e. The minimum Gasteiger partial charge on any atom is -0.466 e. The van der Waals surface area contributed by atoms with Crippen LogP contribution in [0, 0.1) is 11.3 Å². The minimum absolute atomic E-state index is 0.00456. The molecule has 5 heteroatoms. The second-order valence-electron chi connectivity index (χ2n) is 5.56. The Bertz CT molecular complexity index is 278. The van der Waals surface area contributed by atoms with Gasteiger partial charge in [0, 0.05) is 13.1 Å². The summed E-state index contributed by atoms with van der Waals surface area (Å²) < 4.78 is 5.11. The predicted molar refractivity (Wildman–Crippen MR) is 67.1 cm³/mol. The number of ether oxygens (including phenoxy) is 1. The van der Waals surface area contributed by atoms with E-state index < -0.39 is 0 Å². The number of rotatable bonds is 3. The molecule has 104 valence electrons. The quantitative estimate of drug-likeness (QED) is 0.614. The van der Waals surface area contributed by atoms with E-state index in [2.05, 4.69) is 0 Å². The van der Waals surface area contributed by atoms with Gasteiger partial charge >= 0.3 is 5.97 Å². The summed E-state index contributed by atoms with van der Waals surface area (Å²) in [6, 6.07) is 0. The zero-order valence-corrected chi connectivity index (χ0v) is 11.2. The van der Waals surface area contributed by atoms with E-state index in [1.54, 1.807) is 0 Å². The van der Waals surface area contributed by atoms with Gasteiger partial charge < -0.3 is 4.74 Å². The maximum atomic E-state index is 11.7. The molecule has 1 aliphatic heterocycles. The van der Waals surface area contributed by atoms with E-state index in [1.807, 2.05) is 12.0 Å². The number of carbonyl (C=O) groups is 1. The third kappa shape index (κ3) is 3.02. The van der Waals surface area contributed by atoms with E-state index >= 15 is 0 Å². The van der Waals surface area contributed by atoms with Gasteiger partial charge in [-0.3, -0.25) is 4.79 Å². The van der Waals surface area contributed by atoms with Crippen molar-refractivity contribution in [3.05, 3.63) is 0 Å². The number of piperidine rings is 1. The summed E-state index contributed by atoms with van der Waals surface area (Å²) in [5.74, 6) is 5.30. The van der Waals surface area contributed by atoms with Crippen LogP contribution in [0.15, 0.2) is 0 Å². The lowest BCUT2D eigenvalue weighted by Crippen LogP contribution is -2.43. The zero-order chi connectivity index (χ0) is 13.0. The number of nitrogens with two attached hydrogens (primary N) is 1. The number of hydrogen-bond donors (Lipinski definition) is 1. The predicted octanol–water partition coefficient (Wildman–Crippen LogP) is 1.63. The van der Waals surface area contributed by atoms with Gasteiger partial charge in [0.2, 0.25) is 0 Å². The maximum Gasteiger partial charge on any atom is 0.308 e. The van der Waals surface area contributed by atoms with Crippen LogP contribution in [0.5, 0.6) is 0 Å². The molecule has 2 rings (SSSR count). The average Bonchev–Trinajstić information content (AvgIpc) is 2.41. The number of esters is 1. The lowest BCUT2D eigenvalue weighted by atomic mass is 9.66. The Morgan fingerprint density at radius 2 is 1.89 bits per heavy atom. The Balaban J connectivity index is 1.81. The highest BCUT2D eigenvalue weighted by Crippen LogP contribution is 2.46. The Labute approximate surface area is 109 Å². The molecule has 2 N–H and O–H groups in total. The fourth-order valence-electron chi connectivity index (χ4n) is 3.29. The van der Waals surface area contributed by atoms with E-state index in [9.17, 15) is 4.79 Å². The standard InChI is InChI=1S/C13H24N2O3/c1-2-17-12(16)11-3-5-13(6-4-11)7-9-15(18-14)10-8-13/h11H,2-10,14H2,1H3. The molecule has 0 amide bonds. The first kappa shape index (κ1) is 13.8. The normalized spacial score (nSPS) is 25.2.